The zero-order valence-electron chi connectivity index (χ0n) is 18.5. The van der Waals surface area contributed by atoms with Crippen molar-refractivity contribution in [2.75, 3.05) is 23.3 Å². The molecule has 34 heavy (non-hydrogen) atoms. The highest BCUT2D eigenvalue weighted by molar-refractivity contribution is 5.90. The number of amides is 1. The minimum absolute atomic E-state index is 0. The Labute approximate surface area is 203 Å². The first-order valence-electron chi connectivity index (χ1n) is 11.1. The smallest absolute Gasteiger partial charge is 0.415 e. The number of benzene rings is 2. The maximum absolute atomic E-state index is 14.0. The van der Waals surface area contributed by atoms with Crippen molar-refractivity contribution >= 4 is 30.0 Å². The van der Waals surface area contributed by atoms with Crippen molar-refractivity contribution in [1.82, 2.24) is 9.78 Å². The molecule has 7 nitrogen and oxygen atoms in total. The van der Waals surface area contributed by atoms with Gasteiger partial charge in [0.1, 0.15) is 22.9 Å². The fraction of sp³-hybridized carbons (Fsp3) is 0.320. The lowest BCUT2D eigenvalue weighted by Gasteiger charge is -2.35. The highest BCUT2D eigenvalue weighted by Crippen LogP contribution is 2.40. The van der Waals surface area contributed by atoms with E-state index in [4.69, 9.17) is 10.00 Å². The Kier molecular flexibility index (Phi) is 6.75. The number of hydrogen-bond acceptors (Lipinski definition) is 5. The summed E-state index contributed by atoms with van der Waals surface area (Å²) in [4.78, 5) is 14.2. The van der Waals surface area contributed by atoms with Gasteiger partial charge in [0.25, 0.3) is 0 Å². The van der Waals surface area contributed by atoms with E-state index in [1.54, 1.807) is 53.6 Å². The second kappa shape index (κ2) is 9.74. The number of nitrogens with one attached hydrogen (secondary N) is 1. The lowest BCUT2D eigenvalue weighted by molar-refractivity contribution is 0.0148. The van der Waals surface area contributed by atoms with E-state index in [2.05, 4.69) is 16.5 Å². The fourth-order valence-electron chi connectivity index (χ4n) is 4.64. The van der Waals surface area contributed by atoms with Crippen molar-refractivity contribution in [1.29, 1.82) is 5.26 Å². The summed E-state index contributed by atoms with van der Waals surface area (Å²) in [6.45, 7) is 1.29. The van der Waals surface area contributed by atoms with Crippen molar-refractivity contribution in [3.8, 4) is 11.8 Å². The van der Waals surface area contributed by atoms with Crippen LogP contribution in [0.3, 0.4) is 0 Å². The van der Waals surface area contributed by atoms with Gasteiger partial charge in [-0.15, -0.1) is 12.4 Å². The molecule has 0 bridgehead atoms. The van der Waals surface area contributed by atoms with Crippen LogP contribution in [0.5, 0.6) is 0 Å². The Balaban J connectivity index is 0.00000274. The molecule has 2 aromatic carbocycles. The quantitative estimate of drug-likeness (QED) is 0.534. The third-order valence-electron chi connectivity index (χ3n) is 6.56. The highest BCUT2D eigenvalue weighted by Gasteiger charge is 2.47. The number of hydrogen-bond donors (Lipinski definition) is 1. The van der Waals surface area contributed by atoms with Crippen LogP contribution in [0.2, 0.25) is 0 Å². The summed E-state index contributed by atoms with van der Waals surface area (Å²) in [5.74, 6) is 0.834. The van der Waals surface area contributed by atoms with E-state index < -0.39 is 5.60 Å². The Bertz CT molecular complexity index is 1200. The molecule has 176 valence electrons. The lowest BCUT2D eigenvalue weighted by atomic mass is 9.78. The van der Waals surface area contributed by atoms with Crippen molar-refractivity contribution in [3.05, 3.63) is 72.2 Å². The molecule has 1 aliphatic carbocycles. The minimum Gasteiger partial charge on any atom is -0.441 e. The first-order valence-corrected chi connectivity index (χ1v) is 11.1. The molecule has 0 unspecified atom stereocenters. The molecule has 1 N–H and O–H groups in total. The molecule has 3 aromatic rings. The van der Waals surface area contributed by atoms with Gasteiger partial charge in [-0.25, -0.2) is 13.9 Å². The van der Waals surface area contributed by atoms with E-state index in [1.807, 2.05) is 6.07 Å². The van der Waals surface area contributed by atoms with Crippen molar-refractivity contribution in [2.24, 2.45) is 5.92 Å². The predicted octanol–water partition coefficient (Wildman–Crippen LogP) is 5.30. The van der Waals surface area contributed by atoms with Crippen LogP contribution in [0.4, 0.5) is 20.7 Å². The van der Waals surface area contributed by atoms with E-state index in [1.165, 1.54) is 10.7 Å². The van der Waals surface area contributed by atoms with Crippen molar-refractivity contribution in [3.63, 3.8) is 0 Å². The van der Waals surface area contributed by atoms with Crippen LogP contribution >= 0.6 is 12.4 Å². The number of aromatic nitrogens is 2. The van der Waals surface area contributed by atoms with E-state index in [0.29, 0.717) is 29.5 Å². The summed E-state index contributed by atoms with van der Waals surface area (Å²) in [7, 11) is 0. The highest BCUT2D eigenvalue weighted by atomic mass is 35.5. The maximum Gasteiger partial charge on any atom is 0.415 e. The summed E-state index contributed by atoms with van der Waals surface area (Å²) in [6, 6.07) is 17.5. The number of carbonyl (C=O) groups is 1. The Morgan fingerprint density at radius 3 is 2.59 bits per heavy atom. The molecule has 1 amide bonds. The zero-order chi connectivity index (χ0) is 22.8. The summed E-state index contributed by atoms with van der Waals surface area (Å²) in [5.41, 5.74) is 1.28. The molecule has 0 atom stereocenters. The van der Waals surface area contributed by atoms with Gasteiger partial charge in [0, 0.05) is 24.5 Å². The number of carbonyl (C=O) groups excluding carboxylic acids is 1. The van der Waals surface area contributed by atoms with E-state index in [-0.39, 0.29) is 24.3 Å². The van der Waals surface area contributed by atoms with Crippen molar-refractivity contribution in [2.45, 2.75) is 31.3 Å². The van der Waals surface area contributed by atoms with Crippen LogP contribution in [0.1, 0.15) is 31.2 Å². The average Bonchev–Trinajstić information content (AvgIpc) is 3.44. The Morgan fingerprint density at radius 2 is 1.88 bits per heavy atom. The molecular formula is C25H25ClFN5O2. The van der Waals surface area contributed by atoms with E-state index >= 15 is 0 Å². The molecule has 2 fully saturated rings. The molecule has 2 aliphatic rings. The SMILES string of the molecule is Cl.N#Cc1ccc(N2CC3(CCC(CNc4ccn(-c5ccccc5F)n4)CC3)OC2=O)cc1. The largest absolute Gasteiger partial charge is 0.441 e. The molecule has 1 saturated carbocycles. The van der Waals surface area contributed by atoms with Crippen LogP contribution < -0.4 is 10.2 Å². The normalized spacial score (nSPS) is 21.6. The third kappa shape index (κ3) is 4.70. The van der Waals surface area contributed by atoms with Crippen LogP contribution in [0.15, 0.2) is 60.8 Å². The molecule has 9 heteroatoms. The monoisotopic (exact) mass is 481 g/mol. The number of nitriles is 1. The van der Waals surface area contributed by atoms with Crippen LogP contribution in [-0.2, 0) is 4.74 Å². The number of ether oxygens (including phenoxy) is 1. The van der Waals surface area contributed by atoms with Gasteiger partial charge in [0.15, 0.2) is 0 Å². The molecule has 0 radical (unpaired) electrons. The lowest BCUT2D eigenvalue weighted by Crippen LogP contribution is -2.39. The molecule has 1 spiro atoms. The van der Waals surface area contributed by atoms with Gasteiger partial charge in [-0.05, 0) is 68.0 Å². The van der Waals surface area contributed by atoms with Gasteiger partial charge in [-0.2, -0.15) is 10.4 Å². The minimum atomic E-state index is -0.450. The second-order valence-electron chi connectivity index (χ2n) is 8.72. The van der Waals surface area contributed by atoms with Gasteiger partial charge >= 0.3 is 6.09 Å². The van der Waals surface area contributed by atoms with E-state index in [9.17, 15) is 9.18 Å². The first-order chi connectivity index (χ1) is 16.0. The van der Waals surface area contributed by atoms with Crippen molar-refractivity contribution < 1.29 is 13.9 Å². The second-order valence-corrected chi connectivity index (χ2v) is 8.72. The molecule has 1 aliphatic heterocycles. The number of halogens is 2. The number of rotatable bonds is 5. The van der Waals surface area contributed by atoms with Crippen LogP contribution in [0.25, 0.3) is 5.69 Å². The van der Waals surface area contributed by atoms with Gasteiger partial charge in [-0.3, -0.25) is 4.90 Å². The van der Waals surface area contributed by atoms with Gasteiger partial charge in [0.05, 0.1) is 18.2 Å². The van der Waals surface area contributed by atoms with E-state index in [0.717, 1.165) is 37.9 Å². The summed E-state index contributed by atoms with van der Waals surface area (Å²) in [6.07, 6.45) is 4.91. The molecule has 1 saturated heterocycles. The molecule has 5 rings (SSSR count). The average molecular weight is 482 g/mol. The zero-order valence-corrected chi connectivity index (χ0v) is 19.3. The standard InChI is InChI=1S/C25H24FN5O2.ClH/c26-21-3-1-2-4-22(21)31-14-11-23(29-31)28-16-19-9-12-25(13-10-19)17-30(24(32)33-25)20-7-5-18(15-27)6-8-20;/h1-8,11,14,19H,9-10,12-13,16-17H2,(H,28,29);1H. The van der Waals surface area contributed by atoms with Gasteiger partial charge < -0.3 is 10.1 Å². The number of para-hydroxylation sites is 1. The Morgan fingerprint density at radius 1 is 1.15 bits per heavy atom. The van der Waals surface area contributed by atoms with Gasteiger partial charge in [0.2, 0.25) is 0 Å². The maximum atomic E-state index is 14.0. The predicted molar refractivity (Wildman–Crippen MR) is 129 cm³/mol. The third-order valence-corrected chi connectivity index (χ3v) is 6.56. The fourth-order valence-corrected chi connectivity index (χ4v) is 4.64. The number of anilines is 2. The summed E-state index contributed by atoms with van der Waals surface area (Å²) >= 11 is 0. The van der Waals surface area contributed by atoms with Crippen LogP contribution in [-0.4, -0.2) is 34.6 Å². The molecule has 2 heterocycles. The first kappa shape index (κ1) is 23.6. The Hall–Kier alpha value is -3.57. The van der Waals surface area contributed by atoms with Crippen LogP contribution in [0, 0.1) is 23.1 Å². The number of nitrogens with zero attached hydrogens (tertiary/aromatic N) is 4. The van der Waals surface area contributed by atoms with Gasteiger partial charge in [-0.1, -0.05) is 12.1 Å². The summed E-state index contributed by atoms with van der Waals surface area (Å²) in [5, 5.41) is 16.8. The molecular weight excluding hydrogens is 457 g/mol. The molecule has 1 aromatic heterocycles. The summed E-state index contributed by atoms with van der Waals surface area (Å²) < 4.78 is 21.3. The topological polar surface area (TPSA) is 83.2 Å².